The molecule has 1 aliphatic heterocycles. The molecule has 0 aliphatic carbocycles. The SMILES string of the molecule is O=C(NCCc1ccccn1)C(=O)N1CCCNCC1. The van der Waals surface area contributed by atoms with Gasteiger partial charge in [0.15, 0.2) is 0 Å². The van der Waals surface area contributed by atoms with Gasteiger partial charge in [0.2, 0.25) is 0 Å². The summed E-state index contributed by atoms with van der Waals surface area (Å²) in [5, 5.41) is 5.86. The molecule has 1 aliphatic rings. The Balaban J connectivity index is 1.75. The maximum Gasteiger partial charge on any atom is 0.311 e. The summed E-state index contributed by atoms with van der Waals surface area (Å²) in [6.07, 6.45) is 3.22. The number of carbonyl (C=O) groups excluding carboxylic acids is 2. The van der Waals surface area contributed by atoms with Crippen LogP contribution in [0.3, 0.4) is 0 Å². The monoisotopic (exact) mass is 276 g/mol. The van der Waals surface area contributed by atoms with Crippen LogP contribution in [0.1, 0.15) is 12.1 Å². The number of carbonyl (C=O) groups is 2. The van der Waals surface area contributed by atoms with Crippen molar-refractivity contribution in [2.45, 2.75) is 12.8 Å². The Morgan fingerprint density at radius 2 is 2.20 bits per heavy atom. The molecule has 1 fully saturated rings. The summed E-state index contributed by atoms with van der Waals surface area (Å²) in [7, 11) is 0. The fraction of sp³-hybridized carbons (Fsp3) is 0.500. The third-order valence-corrected chi connectivity index (χ3v) is 3.21. The zero-order valence-corrected chi connectivity index (χ0v) is 11.5. The first-order chi connectivity index (χ1) is 9.77. The lowest BCUT2D eigenvalue weighted by atomic mass is 10.2. The highest BCUT2D eigenvalue weighted by Crippen LogP contribution is 1.97. The minimum Gasteiger partial charge on any atom is -0.347 e. The molecule has 2 N–H and O–H groups in total. The summed E-state index contributed by atoms with van der Waals surface area (Å²) >= 11 is 0. The van der Waals surface area contributed by atoms with Gasteiger partial charge >= 0.3 is 11.8 Å². The predicted molar refractivity (Wildman–Crippen MR) is 75.0 cm³/mol. The van der Waals surface area contributed by atoms with Crippen LogP contribution in [-0.4, -0.2) is 54.4 Å². The van der Waals surface area contributed by atoms with E-state index in [2.05, 4.69) is 15.6 Å². The van der Waals surface area contributed by atoms with Crippen LogP contribution in [0.25, 0.3) is 0 Å². The van der Waals surface area contributed by atoms with Gasteiger partial charge in [-0.1, -0.05) is 6.07 Å². The summed E-state index contributed by atoms with van der Waals surface area (Å²) < 4.78 is 0. The molecule has 0 spiro atoms. The Morgan fingerprint density at radius 1 is 1.30 bits per heavy atom. The van der Waals surface area contributed by atoms with Crippen LogP contribution in [0.5, 0.6) is 0 Å². The maximum absolute atomic E-state index is 12.0. The zero-order chi connectivity index (χ0) is 14.2. The van der Waals surface area contributed by atoms with Crippen molar-refractivity contribution in [3.8, 4) is 0 Å². The van der Waals surface area contributed by atoms with Crippen LogP contribution in [0.15, 0.2) is 24.4 Å². The lowest BCUT2D eigenvalue weighted by molar-refractivity contribution is -0.145. The van der Waals surface area contributed by atoms with Crippen LogP contribution in [0.2, 0.25) is 0 Å². The second kappa shape index (κ2) is 7.59. The molecule has 6 heteroatoms. The summed E-state index contributed by atoms with van der Waals surface area (Å²) in [6, 6.07) is 5.65. The van der Waals surface area contributed by atoms with Crippen LogP contribution in [0.4, 0.5) is 0 Å². The number of nitrogens with one attached hydrogen (secondary N) is 2. The summed E-state index contributed by atoms with van der Waals surface area (Å²) in [5.41, 5.74) is 0.902. The Bertz CT molecular complexity index is 442. The van der Waals surface area contributed by atoms with Crippen molar-refractivity contribution < 1.29 is 9.59 Å². The number of aromatic nitrogens is 1. The van der Waals surface area contributed by atoms with E-state index >= 15 is 0 Å². The molecule has 1 aromatic rings. The molecule has 108 valence electrons. The molecular weight excluding hydrogens is 256 g/mol. The van der Waals surface area contributed by atoms with E-state index in [0.717, 1.165) is 25.2 Å². The normalized spacial score (nSPS) is 15.5. The lowest BCUT2D eigenvalue weighted by Crippen LogP contribution is -2.44. The van der Waals surface area contributed by atoms with Gasteiger partial charge in [-0.05, 0) is 25.1 Å². The summed E-state index contributed by atoms with van der Waals surface area (Å²) in [5.74, 6) is -0.961. The van der Waals surface area contributed by atoms with Gasteiger partial charge in [-0.3, -0.25) is 14.6 Å². The van der Waals surface area contributed by atoms with Gasteiger partial charge < -0.3 is 15.5 Å². The van der Waals surface area contributed by atoms with Gasteiger partial charge in [0.25, 0.3) is 0 Å². The van der Waals surface area contributed by atoms with Crippen LogP contribution < -0.4 is 10.6 Å². The average molecular weight is 276 g/mol. The van der Waals surface area contributed by atoms with Crippen molar-refractivity contribution in [3.05, 3.63) is 30.1 Å². The highest BCUT2D eigenvalue weighted by molar-refractivity contribution is 6.35. The molecule has 0 radical (unpaired) electrons. The van der Waals surface area contributed by atoms with Crippen LogP contribution in [-0.2, 0) is 16.0 Å². The fourth-order valence-electron chi connectivity index (χ4n) is 2.12. The molecule has 0 unspecified atom stereocenters. The van der Waals surface area contributed by atoms with Crippen molar-refractivity contribution in [1.29, 1.82) is 0 Å². The Labute approximate surface area is 118 Å². The molecular formula is C14H20N4O2. The van der Waals surface area contributed by atoms with Gasteiger partial charge in [-0.25, -0.2) is 0 Å². The molecule has 0 atom stereocenters. The second-order valence-electron chi connectivity index (χ2n) is 4.72. The first kappa shape index (κ1) is 14.5. The van der Waals surface area contributed by atoms with E-state index in [0.29, 0.717) is 26.1 Å². The number of hydrogen-bond acceptors (Lipinski definition) is 4. The Kier molecular flexibility index (Phi) is 5.49. The highest BCUT2D eigenvalue weighted by Gasteiger charge is 2.21. The van der Waals surface area contributed by atoms with E-state index in [-0.39, 0.29) is 0 Å². The molecule has 2 heterocycles. The van der Waals surface area contributed by atoms with Gasteiger partial charge in [-0.15, -0.1) is 0 Å². The van der Waals surface area contributed by atoms with E-state index in [1.54, 1.807) is 11.1 Å². The highest BCUT2D eigenvalue weighted by atomic mass is 16.2. The standard InChI is InChI=1S/C14H20N4O2/c19-13(14(20)18-10-3-6-15-9-11-18)17-8-5-12-4-1-2-7-16-12/h1-2,4,7,15H,3,5-6,8-11H2,(H,17,19). The second-order valence-corrected chi connectivity index (χ2v) is 4.72. The van der Waals surface area contributed by atoms with Crippen LogP contribution in [0, 0.1) is 0 Å². The van der Waals surface area contributed by atoms with E-state index < -0.39 is 11.8 Å². The van der Waals surface area contributed by atoms with Crippen molar-refractivity contribution in [2.24, 2.45) is 0 Å². The van der Waals surface area contributed by atoms with Crippen molar-refractivity contribution in [2.75, 3.05) is 32.7 Å². The summed E-state index contributed by atoms with van der Waals surface area (Å²) in [4.78, 5) is 29.5. The van der Waals surface area contributed by atoms with Crippen molar-refractivity contribution in [3.63, 3.8) is 0 Å². The van der Waals surface area contributed by atoms with E-state index in [1.807, 2.05) is 18.2 Å². The summed E-state index contributed by atoms with van der Waals surface area (Å²) in [6.45, 7) is 3.29. The number of nitrogens with zero attached hydrogens (tertiary/aromatic N) is 2. The number of hydrogen-bond donors (Lipinski definition) is 2. The number of rotatable bonds is 3. The molecule has 0 saturated carbocycles. The Morgan fingerprint density at radius 3 is 3.00 bits per heavy atom. The maximum atomic E-state index is 12.0. The largest absolute Gasteiger partial charge is 0.347 e. The number of amides is 2. The first-order valence-corrected chi connectivity index (χ1v) is 6.95. The molecule has 20 heavy (non-hydrogen) atoms. The van der Waals surface area contributed by atoms with Gasteiger partial charge in [0.05, 0.1) is 0 Å². The predicted octanol–water partition coefficient (Wildman–Crippen LogP) is -0.438. The molecule has 6 nitrogen and oxygen atoms in total. The molecule has 2 rings (SSSR count). The molecule has 1 saturated heterocycles. The minimum absolute atomic E-state index is 0.424. The molecule has 1 aromatic heterocycles. The topological polar surface area (TPSA) is 74.3 Å². The molecule has 0 bridgehead atoms. The van der Waals surface area contributed by atoms with Crippen LogP contribution >= 0.6 is 0 Å². The fourth-order valence-corrected chi connectivity index (χ4v) is 2.12. The van der Waals surface area contributed by atoms with Gasteiger partial charge in [0.1, 0.15) is 0 Å². The van der Waals surface area contributed by atoms with E-state index in [9.17, 15) is 9.59 Å². The lowest BCUT2D eigenvalue weighted by Gasteiger charge is -2.19. The van der Waals surface area contributed by atoms with Gasteiger partial charge in [-0.2, -0.15) is 0 Å². The first-order valence-electron chi connectivity index (χ1n) is 6.95. The zero-order valence-electron chi connectivity index (χ0n) is 11.5. The Hall–Kier alpha value is -1.95. The quantitative estimate of drug-likeness (QED) is 0.734. The average Bonchev–Trinajstić information content (AvgIpc) is 2.76. The third-order valence-electron chi connectivity index (χ3n) is 3.21. The minimum atomic E-state index is -0.525. The number of pyridine rings is 1. The molecule has 2 amide bonds. The van der Waals surface area contributed by atoms with E-state index in [1.165, 1.54) is 0 Å². The smallest absolute Gasteiger partial charge is 0.311 e. The van der Waals surface area contributed by atoms with Crippen molar-refractivity contribution in [1.82, 2.24) is 20.5 Å². The van der Waals surface area contributed by atoms with Gasteiger partial charge in [0, 0.05) is 44.5 Å². The van der Waals surface area contributed by atoms with Crippen molar-refractivity contribution >= 4 is 11.8 Å². The third kappa shape index (κ3) is 4.31. The molecule has 0 aromatic carbocycles. The van der Waals surface area contributed by atoms with E-state index in [4.69, 9.17) is 0 Å².